The second-order valence-corrected chi connectivity index (χ2v) is 5.19. The number of anilines is 1. The highest BCUT2D eigenvalue weighted by atomic mass is 32.1. The third kappa shape index (κ3) is 2.62. The molecule has 2 atom stereocenters. The lowest BCUT2D eigenvalue weighted by molar-refractivity contribution is 0.121. The highest BCUT2D eigenvalue weighted by Crippen LogP contribution is 2.24. The van der Waals surface area contributed by atoms with Gasteiger partial charge in [-0.15, -0.1) is 0 Å². The van der Waals surface area contributed by atoms with Gasteiger partial charge in [0.1, 0.15) is 4.99 Å². The molecule has 0 aromatic carbocycles. The topological polar surface area (TPSA) is 60.2 Å². The number of pyridine rings is 1. The molecule has 5 heteroatoms. The highest BCUT2D eigenvalue weighted by Gasteiger charge is 2.25. The third-order valence-corrected chi connectivity index (χ3v) is 3.50. The molecule has 4 nitrogen and oxygen atoms in total. The van der Waals surface area contributed by atoms with Crippen LogP contribution in [0.4, 0.5) is 5.69 Å². The zero-order valence-corrected chi connectivity index (χ0v) is 11.8. The van der Waals surface area contributed by atoms with Crippen LogP contribution in [0, 0.1) is 13.8 Å². The van der Waals surface area contributed by atoms with Crippen molar-refractivity contribution in [2.24, 2.45) is 5.73 Å². The fourth-order valence-electron chi connectivity index (χ4n) is 2.37. The summed E-state index contributed by atoms with van der Waals surface area (Å²) in [4.78, 5) is 4.79. The molecule has 1 fully saturated rings. The van der Waals surface area contributed by atoms with Crippen molar-refractivity contribution in [1.29, 1.82) is 0 Å². The normalized spacial score (nSPS) is 23.1. The average molecular weight is 265 g/mol. The molecule has 18 heavy (non-hydrogen) atoms. The van der Waals surface area contributed by atoms with E-state index in [9.17, 15) is 0 Å². The minimum atomic E-state index is 0.206. The molecule has 0 aliphatic carbocycles. The van der Waals surface area contributed by atoms with Crippen LogP contribution in [0.3, 0.4) is 0 Å². The van der Waals surface area contributed by atoms with Crippen molar-refractivity contribution in [1.82, 2.24) is 4.98 Å². The first-order valence-corrected chi connectivity index (χ1v) is 6.56. The molecule has 2 heterocycles. The summed E-state index contributed by atoms with van der Waals surface area (Å²) in [7, 11) is 0. The van der Waals surface area contributed by atoms with E-state index in [1.54, 1.807) is 0 Å². The SMILES string of the molecule is Cc1cc(NC2CCOC2C)c(C(N)=S)c(C)n1. The van der Waals surface area contributed by atoms with E-state index in [0.717, 1.165) is 35.7 Å². The molecule has 0 saturated carbocycles. The molecule has 2 rings (SSSR count). The number of nitrogens with one attached hydrogen (secondary N) is 1. The van der Waals surface area contributed by atoms with Crippen molar-refractivity contribution >= 4 is 22.9 Å². The molecule has 3 N–H and O–H groups in total. The van der Waals surface area contributed by atoms with Gasteiger partial charge in [-0.3, -0.25) is 4.98 Å². The quantitative estimate of drug-likeness (QED) is 0.818. The summed E-state index contributed by atoms with van der Waals surface area (Å²) >= 11 is 5.12. The molecular weight excluding hydrogens is 246 g/mol. The zero-order chi connectivity index (χ0) is 13.3. The first kappa shape index (κ1) is 13.2. The number of aryl methyl sites for hydroxylation is 2. The van der Waals surface area contributed by atoms with E-state index in [-0.39, 0.29) is 6.10 Å². The maximum Gasteiger partial charge on any atom is 0.107 e. The lowest BCUT2D eigenvalue weighted by Crippen LogP contribution is -2.28. The fourth-order valence-corrected chi connectivity index (χ4v) is 2.63. The minimum Gasteiger partial charge on any atom is -0.389 e. The lowest BCUT2D eigenvalue weighted by Gasteiger charge is -2.20. The lowest BCUT2D eigenvalue weighted by atomic mass is 10.1. The molecule has 1 aromatic rings. The standard InChI is InChI=1S/C13H19N3OS/c1-7-6-11(12(13(14)18)8(2)15-7)16-10-4-5-17-9(10)3/h6,9-10H,4-5H2,1-3H3,(H2,14,18)(H,15,16). The van der Waals surface area contributed by atoms with Crippen molar-refractivity contribution in [2.45, 2.75) is 39.3 Å². The number of nitrogens with two attached hydrogens (primary N) is 1. The number of thiocarbonyl (C=S) groups is 1. The van der Waals surface area contributed by atoms with Gasteiger partial charge in [-0.1, -0.05) is 12.2 Å². The van der Waals surface area contributed by atoms with Gasteiger partial charge in [-0.2, -0.15) is 0 Å². The van der Waals surface area contributed by atoms with Gasteiger partial charge in [-0.05, 0) is 33.3 Å². The molecule has 1 aliphatic heterocycles. The van der Waals surface area contributed by atoms with Gasteiger partial charge < -0.3 is 15.8 Å². The second kappa shape index (κ2) is 5.20. The summed E-state index contributed by atoms with van der Waals surface area (Å²) in [5, 5.41) is 3.49. The summed E-state index contributed by atoms with van der Waals surface area (Å²) in [6.07, 6.45) is 1.20. The summed E-state index contributed by atoms with van der Waals surface area (Å²) in [6, 6.07) is 2.30. The monoisotopic (exact) mass is 265 g/mol. The van der Waals surface area contributed by atoms with Gasteiger partial charge in [0.25, 0.3) is 0 Å². The fraction of sp³-hybridized carbons (Fsp3) is 0.538. The van der Waals surface area contributed by atoms with E-state index in [1.807, 2.05) is 19.9 Å². The van der Waals surface area contributed by atoms with Crippen LogP contribution in [-0.4, -0.2) is 28.7 Å². The first-order chi connectivity index (χ1) is 8.49. The van der Waals surface area contributed by atoms with Crippen molar-refractivity contribution in [3.05, 3.63) is 23.0 Å². The maximum atomic E-state index is 5.79. The molecule has 2 unspecified atom stereocenters. The molecular formula is C13H19N3OS. The van der Waals surface area contributed by atoms with Crippen LogP contribution in [-0.2, 0) is 4.74 Å². The number of rotatable bonds is 3. The van der Waals surface area contributed by atoms with Gasteiger partial charge in [0.2, 0.25) is 0 Å². The summed E-state index contributed by atoms with van der Waals surface area (Å²) in [6.45, 7) is 6.77. The number of hydrogen-bond acceptors (Lipinski definition) is 4. The molecule has 0 radical (unpaired) electrons. The maximum absolute atomic E-state index is 5.79. The van der Waals surface area contributed by atoms with Crippen molar-refractivity contribution in [2.75, 3.05) is 11.9 Å². The van der Waals surface area contributed by atoms with Gasteiger partial charge in [-0.25, -0.2) is 0 Å². The Bertz CT molecular complexity index is 476. The Kier molecular flexibility index (Phi) is 3.82. The summed E-state index contributed by atoms with van der Waals surface area (Å²) in [5.41, 5.74) is 9.44. The van der Waals surface area contributed by atoms with Gasteiger partial charge in [0.15, 0.2) is 0 Å². The van der Waals surface area contributed by atoms with E-state index in [4.69, 9.17) is 22.7 Å². The Morgan fingerprint density at radius 3 is 2.83 bits per heavy atom. The van der Waals surface area contributed by atoms with Gasteiger partial charge in [0.05, 0.1) is 17.7 Å². The largest absolute Gasteiger partial charge is 0.389 e. The van der Waals surface area contributed by atoms with Crippen molar-refractivity contribution in [3.63, 3.8) is 0 Å². The minimum absolute atomic E-state index is 0.206. The average Bonchev–Trinajstić information content (AvgIpc) is 2.62. The summed E-state index contributed by atoms with van der Waals surface area (Å²) < 4.78 is 5.56. The predicted octanol–water partition coefficient (Wildman–Crippen LogP) is 1.92. The van der Waals surface area contributed by atoms with Crippen LogP contribution in [0.15, 0.2) is 6.07 Å². The van der Waals surface area contributed by atoms with Crippen LogP contribution < -0.4 is 11.1 Å². The Labute approximate surface area is 113 Å². The van der Waals surface area contributed by atoms with E-state index >= 15 is 0 Å². The van der Waals surface area contributed by atoms with Gasteiger partial charge >= 0.3 is 0 Å². The van der Waals surface area contributed by atoms with E-state index < -0.39 is 0 Å². The highest BCUT2D eigenvalue weighted by molar-refractivity contribution is 7.80. The van der Waals surface area contributed by atoms with E-state index in [2.05, 4.69) is 17.2 Å². The van der Waals surface area contributed by atoms with Crippen LogP contribution in [0.25, 0.3) is 0 Å². The van der Waals surface area contributed by atoms with Crippen LogP contribution in [0.5, 0.6) is 0 Å². The van der Waals surface area contributed by atoms with Gasteiger partial charge in [0, 0.05) is 23.7 Å². The molecule has 0 bridgehead atoms. The van der Waals surface area contributed by atoms with Crippen molar-refractivity contribution in [3.8, 4) is 0 Å². The Morgan fingerprint density at radius 2 is 2.28 bits per heavy atom. The molecule has 0 spiro atoms. The molecule has 1 aliphatic rings. The Balaban J connectivity index is 2.33. The molecule has 0 amide bonds. The zero-order valence-electron chi connectivity index (χ0n) is 11.0. The van der Waals surface area contributed by atoms with Crippen LogP contribution >= 0.6 is 12.2 Å². The Morgan fingerprint density at radius 1 is 1.56 bits per heavy atom. The van der Waals surface area contributed by atoms with E-state index in [1.165, 1.54) is 0 Å². The van der Waals surface area contributed by atoms with E-state index in [0.29, 0.717) is 11.0 Å². The van der Waals surface area contributed by atoms with Crippen LogP contribution in [0.1, 0.15) is 30.3 Å². The number of nitrogens with zero attached hydrogens (tertiary/aromatic N) is 1. The smallest absolute Gasteiger partial charge is 0.107 e. The van der Waals surface area contributed by atoms with Crippen LogP contribution in [0.2, 0.25) is 0 Å². The number of ether oxygens (including phenoxy) is 1. The number of hydrogen-bond donors (Lipinski definition) is 2. The first-order valence-electron chi connectivity index (χ1n) is 6.15. The molecule has 1 aromatic heterocycles. The number of aromatic nitrogens is 1. The van der Waals surface area contributed by atoms with Crippen molar-refractivity contribution < 1.29 is 4.74 Å². The molecule has 98 valence electrons. The Hall–Kier alpha value is -1.20. The third-order valence-electron chi connectivity index (χ3n) is 3.29. The second-order valence-electron chi connectivity index (χ2n) is 4.75. The predicted molar refractivity (Wildman–Crippen MR) is 77.0 cm³/mol. The molecule has 1 saturated heterocycles. The summed E-state index contributed by atoms with van der Waals surface area (Å²) in [5.74, 6) is 0.